The summed E-state index contributed by atoms with van der Waals surface area (Å²) in [5.74, 6) is -1.49. The van der Waals surface area contributed by atoms with Crippen LogP contribution in [0.3, 0.4) is 0 Å². The topological polar surface area (TPSA) is 107 Å². The van der Waals surface area contributed by atoms with E-state index in [-0.39, 0.29) is 37.5 Å². The number of imide groups is 1. The van der Waals surface area contributed by atoms with Gasteiger partial charge in [0.15, 0.2) is 0 Å². The Labute approximate surface area is 209 Å². The van der Waals surface area contributed by atoms with Crippen LogP contribution >= 0.6 is 0 Å². The predicted molar refractivity (Wildman–Crippen MR) is 130 cm³/mol. The molecule has 2 aliphatic heterocycles. The van der Waals surface area contributed by atoms with Gasteiger partial charge in [-0.3, -0.25) is 14.5 Å². The molecule has 1 N–H and O–H groups in total. The number of amides is 4. The van der Waals surface area contributed by atoms with Crippen molar-refractivity contribution in [2.45, 2.75) is 37.6 Å². The molecule has 2 aliphatic rings. The maximum Gasteiger partial charge on any atom is 0.325 e. The summed E-state index contributed by atoms with van der Waals surface area (Å²) >= 11 is 0. The highest BCUT2D eigenvalue weighted by molar-refractivity contribution is 7.89. The van der Waals surface area contributed by atoms with Crippen molar-refractivity contribution in [2.75, 3.05) is 32.7 Å². The normalized spacial score (nSPS) is 21.1. The van der Waals surface area contributed by atoms with Crippen molar-refractivity contribution in [3.63, 3.8) is 0 Å². The Hall–Kier alpha value is -3.31. The van der Waals surface area contributed by atoms with Gasteiger partial charge in [-0.1, -0.05) is 25.1 Å². The molecule has 4 rings (SSSR count). The minimum absolute atomic E-state index is 0.107. The van der Waals surface area contributed by atoms with Gasteiger partial charge in [0.05, 0.1) is 4.90 Å². The third kappa shape index (κ3) is 4.48. The first kappa shape index (κ1) is 25.8. The number of sulfonamides is 1. The second-order valence-electron chi connectivity index (χ2n) is 9.12. The number of nitrogens with one attached hydrogen (secondary N) is 1. The second kappa shape index (κ2) is 9.62. The van der Waals surface area contributed by atoms with Gasteiger partial charge in [0.1, 0.15) is 17.9 Å². The van der Waals surface area contributed by atoms with Crippen molar-refractivity contribution in [2.24, 2.45) is 0 Å². The molecule has 2 aromatic rings. The summed E-state index contributed by atoms with van der Waals surface area (Å²) in [6, 6.07) is 9.60. The fraction of sp³-hybridized carbons (Fsp3) is 0.400. The third-order valence-electron chi connectivity index (χ3n) is 7.04. The molecule has 2 aromatic carbocycles. The van der Waals surface area contributed by atoms with Crippen LogP contribution < -0.4 is 5.32 Å². The van der Waals surface area contributed by atoms with E-state index in [2.05, 4.69) is 5.32 Å². The molecule has 11 heteroatoms. The number of hydrogen-bond acceptors (Lipinski definition) is 5. The zero-order chi connectivity index (χ0) is 26.3. The number of halogens is 1. The largest absolute Gasteiger partial charge is 0.338 e. The number of nitrogens with zero attached hydrogens (tertiary/aromatic N) is 3. The van der Waals surface area contributed by atoms with Crippen LogP contribution in [0.15, 0.2) is 47.4 Å². The monoisotopic (exact) mass is 516 g/mol. The second-order valence-corrected chi connectivity index (χ2v) is 11.1. The van der Waals surface area contributed by atoms with Crippen LogP contribution in [0.4, 0.5) is 9.18 Å². The number of rotatable bonds is 6. The van der Waals surface area contributed by atoms with E-state index in [1.54, 1.807) is 25.1 Å². The first-order chi connectivity index (χ1) is 17.0. The Balaban J connectivity index is 1.42. The summed E-state index contributed by atoms with van der Waals surface area (Å²) in [4.78, 5) is 41.4. The maximum atomic E-state index is 13.4. The molecule has 2 heterocycles. The standard InChI is InChI=1S/C25H29FN4O5S/c1-4-25(19-6-8-20(26)9-7-19)23(32)30(24(33)27-25)16-22(31)28-11-13-29(14-12-28)36(34,35)21-10-5-17(2)18(3)15-21/h5-10,15H,4,11-14,16H2,1-3H3,(H,27,33). The number of benzene rings is 2. The molecule has 2 saturated heterocycles. The van der Waals surface area contributed by atoms with Crippen LogP contribution in [0.1, 0.15) is 30.0 Å². The van der Waals surface area contributed by atoms with Crippen LogP contribution in [0, 0.1) is 19.7 Å². The molecule has 0 saturated carbocycles. The van der Waals surface area contributed by atoms with E-state index in [4.69, 9.17) is 0 Å². The summed E-state index contributed by atoms with van der Waals surface area (Å²) in [6.45, 7) is 5.52. The first-order valence-corrected chi connectivity index (χ1v) is 13.2. The molecule has 4 amide bonds. The van der Waals surface area contributed by atoms with Crippen molar-refractivity contribution in [1.82, 2.24) is 19.4 Å². The van der Waals surface area contributed by atoms with Crippen molar-refractivity contribution in [3.8, 4) is 0 Å². The van der Waals surface area contributed by atoms with Crippen molar-refractivity contribution in [3.05, 3.63) is 65.0 Å². The average molecular weight is 517 g/mol. The van der Waals surface area contributed by atoms with Crippen LogP contribution in [0.25, 0.3) is 0 Å². The van der Waals surface area contributed by atoms with Gasteiger partial charge in [-0.25, -0.2) is 17.6 Å². The van der Waals surface area contributed by atoms with Crippen molar-refractivity contribution < 1.29 is 27.2 Å². The Morgan fingerprint density at radius 3 is 2.22 bits per heavy atom. The van der Waals surface area contributed by atoms with E-state index in [0.717, 1.165) is 16.0 Å². The lowest BCUT2D eigenvalue weighted by atomic mass is 9.87. The SMILES string of the molecule is CCC1(c2ccc(F)cc2)NC(=O)N(CC(=O)N2CCN(S(=O)(=O)c3ccc(C)c(C)c3)CC2)C1=O. The van der Waals surface area contributed by atoms with Crippen LogP contribution in [-0.4, -0.2) is 73.1 Å². The Kier molecular flexibility index (Phi) is 6.89. The van der Waals surface area contributed by atoms with Crippen LogP contribution in [0.2, 0.25) is 0 Å². The summed E-state index contributed by atoms with van der Waals surface area (Å²) < 4.78 is 40.8. The fourth-order valence-electron chi connectivity index (χ4n) is 4.58. The van der Waals surface area contributed by atoms with Gasteiger partial charge in [-0.15, -0.1) is 0 Å². The summed E-state index contributed by atoms with van der Waals surface area (Å²) in [5.41, 5.74) is 0.938. The molecule has 192 valence electrons. The summed E-state index contributed by atoms with van der Waals surface area (Å²) in [6.07, 6.45) is 0.225. The molecule has 0 aromatic heterocycles. The van der Waals surface area contributed by atoms with Crippen LogP contribution in [-0.2, 0) is 25.2 Å². The van der Waals surface area contributed by atoms with Gasteiger partial charge in [-0.2, -0.15) is 4.31 Å². The molecule has 1 atom stereocenters. The first-order valence-electron chi connectivity index (χ1n) is 11.7. The van der Waals surface area contributed by atoms with Gasteiger partial charge in [0.25, 0.3) is 5.91 Å². The highest BCUT2D eigenvalue weighted by Gasteiger charge is 2.52. The molecular weight excluding hydrogens is 487 g/mol. The highest BCUT2D eigenvalue weighted by atomic mass is 32.2. The fourth-order valence-corrected chi connectivity index (χ4v) is 6.09. The zero-order valence-electron chi connectivity index (χ0n) is 20.5. The summed E-state index contributed by atoms with van der Waals surface area (Å²) in [7, 11) is -3.70. The average Bonchev–Trinajstić information content (AvgIpc) is 3.11. The minimum atomic E-state index is -3.70. The molecule has 1 unspecified atom stereocenters. The Morgan fingerprint density at radius 1 is 1.00 bits per heavy atom. The number of piperazine rings is 1. The van der Waals surface area contributed by atoms with Crippen LogP contribution in [0.5, 0.6) is 0 Å². The lowest BCUT2D eigenvalue weighted by Gasteiger charge is -2.34. The molecule has 0 bridgehead atoms. The quantitative estimate of drug-likeness (QED) is 0.592. The summed E-state index contributed by atoms with van der Waals surface area (Å²) in [5, 5.41) is 2.67. The zero-order valence-corrected chi connectivity index (χ0v) is 21.3. The smallest absolute Gasteiger partial charge is 0.325 e. The minimum Gasteiger partial charge on any atom is -0.338 e. The lowest BCUT2D eigenvalue weighted by Crippen LogP contribution is -2.53. The molecule has 0 spiro atoms. The van der Waals surface area contributed by atoms with E-state index in [9.17, 15) is 27.2 Å². The van der Waals surface area contributed by atoms with E-state index < -0.39 is 45.8 Å². The molecule has 36 heavy (non-hydrogen) atoms. The van der Waals surface area contributed by atoms with Gasteiger partial charge < -0.3 is 10.2 Å². The van der Waals surface area contributed by atoms with Crippen molar-refractivity contribution in [1.29, 1.82) is 0 Å². The van der Waals surface area contributed by atoms with E-state index in [1.807, 2.05) is 13.8 Å². The van der Waals surface area contributed by atoms with Gasteiger partial charge in [0.2, 0.25) is 15.9 Å². The number of carbonyl (C=O) groups is 3. The van der Waals surface area contributed by atoms with E-state index in [0.29, 0.717) is 5.56 Å². The van der Waals surface area contributed by atoms with Gasteiger partial charge in [0, 0.05) is 26.2 Å². The molecule has 9 nitrogen and oxygen atoms in total. The molecule has 0 radical (unpaired) electrons. The molecular formula is C25H29FN4O5S. The lowest BCUT2D eigenvalue weighted by molar-refractivity contribution is -0.139. The molecule has 0 aliphatic carbocycles. The third-order valence-corrected chi connectivity index (χ3v) is 8.94. The van der Waals surface area contributed by atoms with E-state index >= 15 is 0 Å². The number of aryl methyl sites for hydroxylation is 2. The maximum absolute atomic E-state index is 13.4. The Morgan fingerprint density at radius 2 is 1.64 bits per heavy atom. The van der Waals surface area contributed by atoms with E-state index in [1.165, 1.54) is 33.5 Å². The highest BCUT2D eigenvalue weighted by Crippen LogP contribution is 2.32. The van der Waals surface area contributed by atoms with Crippen molar-refractivity contribution >= 4 is 27.9 Å². The molecule has 2 fully saturated rings. The number of hydrogen-bond donors (Lipinski definition) is 1. The number of carbonyl (C=O) groups excluding carboxylic acids is 3. The van der Waals surface area contributed by atoms with Gasteiger partial charge >= 0.3 is 6.03 Å². The predicted octanol–water partition coefficient (Wildman–Crippen LogP) is 2.13. The van der Waals surface area contributed by atoms with Gasteiger partial charge in [-0.05, 0) is 61.2 Å². The number of urea groups is 1. The Bertz CT molecular complexity index is 1310.